The van der Waals surface area contributed by atoms with Gasteiger partial charge in [0, 0.05) is 23.4 Å². The second-order valence-electron chi connectivity index (χ2n) is 5.81. The van der Waals surface area contributed by atoms with Crippen LogP contribution in [-0.2, 0) is 11.2 Å². The summed E-state index contributed by atoms with van der Waals surface area (Å²) >= 11 is 1.36. The Balaban J connectivity index is 1.57. The van der Waals surface area contributed by atoms with Gasteiger partial charge in [-0.15, -0.1) is 24.5 Å². The Labute approximate surface area is 140 Å². The molecule has 0 bridgehead atoms. The van der Waals surface area contributed by atoms with E-state index >= 15 is 0 Å². The number of halogens is 3. The van der Waals surface area contributed by atoms with Crippen molar-refractivity contribution in [3.63, 3.8) is 0 Å². The summed E-state index contributed by atoms with van der Waals surface area (Å²) in [5.74, 6) is 0.263. The van der Waals surface area contributed by atoms with Gasteiger partial charge in [0.15, 0.2) is 5.13 Å². The molecule has 4 nitrogen and oxygen atoms in total. The Morgan fingerprint density at radius 2 is 2.04 bits per heavy atom. The van der Waals surface area contributed by atoms with Crippen LogP contribution >= 0.6 is 11.3 Å². The van der Waals surface area contributed by atoms with Crippen molar-refractivity contribution in [1.82, 2.24) is 4.98 Å². The van der Waals surface area contributed by atoms with Crippen molar-refractivity contribution >= 4 is 22.4 Å². The molecule has 1 aromatic carbocycles. The number of carbonyl (C=O) groups excluding carboxylic acids is 1. The van der Waals surface area contributed by atoms with E-state index < -0.39 is 6.36 Å². The molecule has 0 saturated heterocycles. The number of aromatic nitrogens is 1. The van der Waals surface area contributed by atoms with E-state index in [9.17, 15) is 18.0 Å². The van der Waals surface area contributed by atoms with Crippen molar-refractivity contribution in [1.29, 1.82) is 0 Å². The average Bonchev–Trinajstić information content (AvgIpc) is 3.06. The third-order valence-electron chi connectivity index (χ3n) is 3.77. The predicted molar refractivity (Wildman–Crippen MR) is 83.9 cm³/mol. The number of nitrogens with one attached hydrogen (secondary N) is 1. The lowest BCUT2D eigenvalue weighted by atomic mass is 10.1. The summed E-state index contributed by atoms with van der Waals surface area (Å²) in [6.45, 7) is 2.03. The smallest absolute Gasteiger partial charge is 0.406 e. The van der Waals surface area contributed by atoms with Gasteiger partial charge in [0.1, 0.15) is 5.75 Å². The minimum absolute atomic E-state index is 0.00273. The van der Waals surface area contributed by atoms with Gasteiger partial charge >= 0.3 is 6.36 Å². The van der Waals surface area contributed by atoms with Gasteiger partial charge in [-0.2, -0.15) is 0 Å². The van der Waals surface area contributed by atoms with Crippen LogP contribution < -0.4 is 10.1 Å². The molecule has 1 amide bonds. The van der Waals surface area contributed by atoms with Crippen LogP contribution in [0.25, 0.3) is 0 Å². The molecule has 24 heavy (non-hydrogen) atoms. The first-order valence-corrected chi connectivity index (χ1v) is 8.22. The fourth-order valence-corrected chi connectivity index (χ4v) is 3.19. The lowest BCUT2D eigenvalue weighted by Gasteiger charge is -2.08. The Hall–Kier alpha value is -2.09. The molecule has 0 spiro atoms. The fourth-order valence-electron chi connectivity index (χ4n) is 2.34. The summed E-state index contributed by atoms with van der Waals surface area (Å²) in [5, 5.41) is 3.35. The first-order chi connectivity index (χ1) is 11.3. The molecule has 1 fully saturated rings. The van der Waals surface area contributed by atoms with Crippen LogP contribution in [0.1, 0.15) is 23.8 Å². The second-order valence-corrected chi connectivity index (χ2v) is 6.92. The SMILES string of the molecule is C[C@@H]1C[C@H]1C(=O)Nc1ncc(Cc2ccc(OC(F)(F)F)cc2)s1. The molecule has 1 aromatic heterocycles. The maximum Gasteiger partial charge on any atom is 0.573 e. The molecule has 3 rings (SSSR count). The minimum atomic E-state index is -4.69. The molecule has 2 aromatic rings. The zero-order valence-electron chi connectivity index (χ0n) is 12.8. The van der Waals surface area contributed by atoms with Crippen LogP contribution in [0.5, 0.6) is 5.75 Å². The number of carbonyl (C=O) groups is 1. The molecule has 0 radical (unpaired) electrons. The number of alkyl halides is 3. The lowest BCUT2D eigenvalue weighted by molar-refractivity contribution is -0.274. The molecule has 1 aliphatic rings. The molecule has 2 atom stereocenters. The standard InChI is InChI=1S/C16H15F3N2O2S/c1-9-6-13(9)14(22)21-15-20-8-12(24-15)7-10-2-4-11(5-3-10)23-16(17,18)19/h2-5,8-9,13H,6-7H2,1H3,(H,20,21,22)/t9-,13-/m1/s1. The third kappa shape index (κ3) is 4.47. The Bertz CT molecular complexity index is 728. The van der Waals surface area contributed by atoms with E-state index in [2.05, 4.69) is 15.0 Å². The van der Waals surface area contributed by atoms with Crippen LogP contribution in [-0.4, -0.2) is 17.3 Å². The summed E-state index contributed by atoms with van der Waals surface area (Å²) in [6, 6.07) is 5.71. The maximum absolute atomic E-state index is 12.1. The van der Waals surface area contributed by atoms with E-state index in [-0.39, 0.29) is 17.6 Å². The topological polar surface area (TPSA) is 51.2 Å². The molecule has 8 heteroatoms. The summed E-state index contributed by atoms with van der Waals surface area (Å²) < 4.78 is 40.2. The fraction of sp³-hybridized carbons (Fsp3) is 0.375. The summed E-state index contributed by atoms with van der Waals surface area (Å²) in [7, 11) is 0. The third-order valence-corrected chi connectivity index (χ3v) is 4.68. The second kappa shape index (κ2) is 6.43. The Morgan fingerprint density at radius 1 is 1.38 bits per heavy atom. The largest absolute Gasteiger partial charge is 0.573 e. The van der Waals surface area contributed by atoms with E-state index in [1.807, 2.05) is 6.92 Å². The highest BCUT2D eigenvalue weighted by molar-refractivity contribution is 7.15. The number of benzene rings is 1. The van der Waals surface area contributed by atoms with Gasteiger partial charge in [0.2, 0.25) is 5.91 Å². The number of hydrogen-bond donors (Lipinski definition) is 1. The van der Waals surface area contributed by atoms with E-state index in [1.165, 1.54) is 23.5 Å². The van der Waals surface area contributed by atoms with E-state index in [0.29, 0.717) is 17.5 Å². The molecule has 0 unspecified atom stereocenters. The highest BCUT2D eigenvalue weighted by atomic mass is 32.1. The monoisotopic (exact) mass is 356 g/mol. The maximum atomic E-state index is 12.1. The molecule has 0 aliphatic heterocycles. The predicted octanol–water partition coefficient (Wildman–Crippen LogP) is 4.23. The van der Waals surface area contributed by atoms with Crippen molar-refractivity contribution in [2.45, 2.75) is 26.1 Å². The number of nitrogens with zero attached hydrogens (tertiary/aromatic N) is 1. The van der Waals surface area contributed by atoms with Gasteiger partial charge in [-0.1, -0.05) is 19.1 Å². The first-order valence-electron chi connectivity index (χ1n) is 7.40. The van der Waals surface area contributed by atoms with Crippen LogP contribution in [0, 0.1) is 11.8 Å². The van der Waals surface area contributed by atoms with Crippen molar-refractivity contribution in [2.75, 3.05) is 5.32 Å². The van der Waals surface area contributed by atoms with Gasteiger partial charge < -0.3 is 10.1 Å². The van der Waals surface area contributed by atoms with Crippen LogP contribution in [0.2, 0.25) is 0 Å². The van der Waals surface area contributed by atoms with Crippen molar-refractivity contribution in [3.05, 3.63) is 40.9 Å². The van der Waals surface area contributed by atoms with Gasteiger partial charge in [-0.05, 0) is 30.0 Å². The van der Waals surface area contributed by atoms with Gasteiger partial charge in [0.05, 0.1) is 0 Å². The normalized spacial score (nSPS) is 19.8. The molecular formula is C16H15F3N2O2S. The Morgan fingerprint density at radius 3 is 2.62 bits per heavy atom. The first kappa shape index (κ1) is 16.8. The van der Waals surface area contributed by atoms with Gasteiger partial charge in [-0.3, -0.25) is 4.79 Å². The highest BCUT2D eigenvalue weighted by Crippen LogP contribution is 2.38. The van der Waals surface area contributed by atoms with E-state index in [1.54, 1.807) is 18.3 Å². The van der Waals surface area contributed by atoms with Crippen LogP contribution in [0.3, 0.4) is 0 Å². The number of hydrogen-bond acceptors (Lipinski definition) is 4. The molecular weight excluding hydrogens is 341 g/mol. The Kier molecular flexibility index (Phi) is 4.49. The van der Waals surface area contributed by atoms with E-state index in [4.69, 9.17) is 0 Å². The molecule has 1 saturated carbocycles. The average molecular weight is 356 g/mol. The summed E-state index contributed by atoms with van der Waals surface area (Å²) in [6.07, 6.45) is -1.59. The van der Waals surface area contributed by atoms with Crippen molar-refractivity contribution in [2.24, 2.45) is 11.8 Å². The zero-order chi connectivity index (χ0) is 17.3. The lowest BCUT2D eigenvalue weighted by Crippen LogP contribution is -2.17. The number of amides is 1. The highest BCUT2D eigenvalue weighted by Gasteiger charge is 2.39. The summed E-state index contributed by atoms with van der Waals surface area (Å²) in [5.41, 5.74) is 0.835. The number of thiazole rings is 1. The minimum Gasteiger partial charge on any atom is -0.406 e. The zero-order valence-corrected chi connectivity index (χ0v) is 13.6. The van der Waals surface area contributed by atoms with Crippen LogP contribution in [0.15, 0.2) is 30.5 Å². The summed E-state index contributed by atoms with van der Waals surface area (Å²) in [4.78, 5) is 16.9. The van der Waals surface area contributed by atoms with Gasteiger partial charge in [-0.25, -0.2) is 4.98 Å². The molecule has 1 N–H and O–H groups in total. The van der Waals surface area contributed by atoms with Crippen molar-refractivity contribution in [3.8, 4) is 5.75 Å². The van der Waals surface area contributed by atoms with E-state index in [0.717, 1.165) is 16.9 Å². The molecule has 128 valence electrons. The molecule has 1 aliphatic carbocycles. The number of ether oxygens (including phenoxy) is 1. The van der Waals surface area contributed by atoms with Gasteiger partial charge in [0.25, 0.3) is 0 Å². The number of rotatable bonds is 5. The van der Waals surface area contributed by atoms with Crippen molar-refractivity contribution < 1.29 is 22.7 Å². The molecule has 1 heterocycles. The quantitative estimate of drug-likeness (QED) is 0.872. The van der Waals surface area contributed by atoms with Crippen LogP contribution in [0.4, 0.5) is 18.3 Å². The number of anilines is 1.